The van der Waals surface area contributed by atoms with Crippen LogP contribution in [-0.4, -0.2) is 56.3 Å². The number of ether oxygens (including phenoxy) is 2. The first kappa shape index (κ1) is 19.5. The number of piperidine rings is 1. The van der Waals surface area contributed by atoms with Gasteiger partial charge in [-0.2, -0.15) is 0 Å². The molecule has 1 amide bonds. The standard InChI is InChI=1S/C20H28N2O3.ClH/c23-19(22-11-8-20(9-12-22)7-10-21-15-20)17-5-1-2-6-18(17)25-14-16-4-3-13-24-16;/h1-2,5-6,16,21H,3-4,7-15H2;1H. The third-order valence-electron chi connectivity index (χ3n) is 6.01. The molecule has 1 atom stereocenters. The SMILES string of the molecule is Cl.O=C(c1ccccc1OCC1CCCO1)N1CCC2(CCNC2)CC1. The zero-order valence-electron chi connectivity index (χ0n) is 15.2. The Kier molecular flexibility index (Phi) is 6.43. The van der Waals surface area contributed by atoms with Crippen molar-refractivity contribution in [3.8, 4) is 5.75 Å². The molecule has 0 radical (unpaired) electrons. The Morgan fingerprint density at radius 3 is 2.77 bits per heavy atom. The molecule has 4 rings (SSSR count). The van der Waals surface area contributed by atoms with Gasteiger partial charge in [0.1, 0.15) is 12.4 Å². The number of hydrogen-bond acceptors (Lipinski definition) is 4. The Bertz CT molecular complexity index is 603. The fourth-order valence-electron chi connectivity index (χ4n) is 4.30. The number of amides is 1. The lowest BCUT2D eigenvalue weighted by molar-refractivity contribution is 0.0577. The topological polar surface area (TPSA) is 50.8 Å². The molecule has 3 fully saturated rings. The van der Waals surface area contributed by atoms with Crippen LogP contribution >= 0.6 is 12.4 Å². The zero-order valence-corrected chi connectivity index (χ0v) is 16.1. The van der Waals surface area contributed by atoms with Crippen LogP contribution in [0, 0.1) is 5.41 Å². The smallest absolute Gasteiger partial charge is 0.257 e. The maximum absolute atomic E-state index is 13.0. The summed E-state index contributed by atoms with van der Waals surface area (Å²) in [6.07, 6.45) is 5.75. The molecule has 3 heterocycles. The van der Waals surface area contributed by atoms with E-state index < -0.39 is 0 Å². The molecule has 3 aliphatic heterocycles. The summed E-state index contributed by atoms with van der Waals surface area (Å²) in [7, 11) is 0. The molecule has 5 nitrogen and oxygen atoms in total. The van der Waals surface area contributed by atoms with Crippen molar-refractivity contribution < 1.29 is 14.3 Å². The summed E-state index contributed by atoms with van der Waals surface area (Å²) >= 11 is 0. The van der Waals surface area contributed by atoms with Crippen molar-refractivity contribution in [1.82, 2.24) is 10.2 Å². The van der Waals surface area contributed by atoms with Crippen LogP contribution < -0.4 is 10.1 Å². The number of likely N-dealkylation sites (tertiary alicyclic amines) is 1. The second kappa shape index (κ2) is 8.59. The molecule has 3 aliphatic rings. The van der Waals surface area contributed by atoms with E-state index in [0.29, 0.717) is 23.3 Å². The van der Waals surface area contributed by atoms with Crippen molar-refractivity contribution in [2.75, 3.05) is 39.4 Å². The van der Waals surface area contributed by atoms with E-state index in [4.69, 9.17) is 9.47 Å². The third kappa shape index (κ3) is 4.16. The maximum atomic E-state index is 13.0. The molecule has 0 saturated carbocycles. The van der Waals surface area contributed by atoms with Gasteiger partial charge in [-0.1, -0.05) is 12.1 Å². The molecule has 1 spiro atoms. The number of para-hydroxylation sites is 1. The van der Waals surface area contributed by atoms with Crippen LogP contribution in [0.15, 0.2) is 24.3 Å². The highest BCUT2D eigenvalue weighted by Gasteiger charge is 2.38. The van der Waals surface area contributed by atoms with Crippen molar-refractivity contribution >= 4 is 18.3 Å². The van der Waals surface area contributed by atoms with E-state index in [1.165, 1.54) is 6.42 Å². The largest absolute Gasteiger partial charge is 0.490 e. The molecule has 0 bridgehead atoms. The number of halogens is 1. The Hall–Kier alpha value is -1.30. The summed E-state index contributed by atoms with van der Waals surface area (Å²) in [4.78, 5) is 15.0. The minimum Gasteiger partial charge on any atom is -0.490 e. The molecule has 0 aromatic heterocycles. The Labute approximate surface area is 161 Å². The lowest BCUT2D eigenvalue weighted by Gasteiger charge is -2.39. The van der Waals surface area contributed by atoms with Gasteiger partial charge in [-0.3, -0.25) is 4.79 Å². The summed E-state index contributed by atoms with van der Waals surface area (Å²) in [5.41, 5.74) is 1.10. The maximum Gasteiger partial charge on any atom is 0.257 e. The number of carbonyl (C=O) groups is 1. The van der Waals surface area contributed by atoms with Gasteiger partial charge >= 0.3 is 0 Å². The molecule has 1 N–H and O–H groups in total. The van der Waals surface area contributed by atoms with Gasteiger partial charge in [-0.25, -0.2) is 0 Å². The lowest BCUT2D eigenvalue weighted by Crippen LogP contribution is -2.44. The average Bonchev–Trinajstić information content (AvgIpc) is 3.33. The van der Waals surface area contributed by atoms with Gasteiger partial charge in [-0.05, 0) is 56.2 Å². The number of carbonyl (C=O) groups excluding carboxylic acids is 1. The summed E-state index contributed by atoms with van der Waals surface area (Å²) in [6.45, 7) is 5.27. The van der Waals surface area contributed by atoms with E-state index in [9.17, 15) is 4.79 Å². The van der Waals surface area contributed by atoms with Crippen LogP contribution in [0.1, 0.15) is 42.5 Å². The molecule has 144 valence electrons. The molecule has 1 unspecified atom stereocenters. The minimum atomic E-state index is 0. The predicted octanol–water partition coefficient (Wildman–Crippen LogP) is 2.88. The highest BCUT2D eigenvalue weighted by molar-refractivity contribution is 5.97. The molecular weight excluding hydrogens is 352 g/mol. The first-order valence-corrected chi connectivity index (χ1v) is 9.59. The van der Waals surface area contributed by atoms with E-state index in [2.05, 4.69) is 5.32 Å². The van der Waals surface area contributed by atoms with E-state index in [-0.39, 0.29) is 24.4 Å². The number of rotatable bonds is 4. The number of hydrogen-bond donors (Lipinski definition) is 1. The Morgan fingerprint density at radius 2 is 2.08 bits per heavy atom. The van der Waals surface area contributed by atoms with Crippen LogP contribution in [0.25, 0.3) is 0 Å². The van der Waals surface area contributed by atoms with Crippen LogP contribution in [-0.2, 0) is 4.74 Å². The van der Waals surface area contributed by atoms with Gasteiger partial charge in [0.05, 0.1) is 11.7 Å². The van der Waals surface area contributed by atoms with Gasteiger partial charge in [0.25, 0.3) is 5.91 Å². The van der Waals surface area contributed by atoms with Crippen LogP contribution in [0.3, 0.4) is 0 Å². The first-order valence-electron chi connectivity index (χ1n) is 9.59. The Morgan fingerprint density at radius 1 is 1.27 bits per heavy atom. The predicted molar refractivity (Wildman–Crippen MR) is 103 cm³/mol. The van der Waals surface area contributed by atoms with Crippen molar-refractivity contribution in [3.05, 3.63) is 29.8 Å². The highest BCUT2D eigenvalue weighted by atomic mass is 35.5. The normalized spacial score (nSPS) is 24.5. The van der Waals surface area contributed by atoms with Gasteiger partial charge < -0.3 is 19.7 Å². The van der Waals surface area contributed by atoms with Crippen molar-refractivity contribution in [2.45, 2.75) is 38.2 Å². The fraction of sp³-hybridized carbons (Fsp3) is 0.650. The minimum absolute atomic E-state index is 0. The first-order chi connectivity index (χ1) is 12.3. The van der Waals surface area contributed by atoms with Gasteiger partial charge in [0, 0.05) is 26.2 Å². The Balaban J connectivity index is 0.00000196. The molecule has 0 aliphatic carbocycles. The third-order valence-corrected chi connectivity index (χ3v) is 6.01. The zero-order chi connectivity index (χ0) is 17.1. The monoisotopic (exact) mass is 380 g/mol. The van der Waals surface area contributed by atoms with Crippen LogP contribution in [0.5, 0.6) is 5.75 Å². The molecular formula is C20H29ClN2O3. The molecule has 1 aromatic carbocycles. The van der Waals surface area contributed by atoms with Crippen molar-refractivity contribution in [2.24, 2.45) is 5.41 Å². The molecule has 26 heavy (non-hydrogen) atoms. The van der Waals surface area contributed by atoms with Gasteiger partial charge in [0.2, 0.25) is 0 Å². The molecule has 3 saturated heterocycles. The van der Waals surface area contributed by atoms with Crippen LogP contribution in [0.4, 0.5) is 0 Å². The van der Waals surface area contributed by atoms with Crippen molar-refractivity contribution in [1.29, 1.82) is 0 Å². The van der Waals surface area contributed by atoms with Gasteiger partial charge in [-0.15, -0.1) is 12.4 Å². The summed E-state index contributed by atoms with van der Waals surface area (Å²) in [5, 5.41) is 3.48. The van der Waals surface area contributed by atoms with Gasteiger partial charge in [0.15, 0.2) is 0 Å². The highest BCUT2D eigenvalue weighted by Crippen LogP contribution is 2.37. The van der Waals surface area contributed by atoms with E-state index in [1.54, 1.807) is 0 Å². The molecule has 1 aromatic rings. The summed E-state index contributed by atoms with van der Waals surface area (Å²) < 4.78 is 11.6. The average molecular weight is 381 g/mol. The van der Waals surface area contributed by atoms with E-state index in [1.807, 2.05) is 29.2 Å². The van der Waals surface area contributed by atoms with Crippen molar-refractivity contribution in [3.63, 3.8) is 0 Å². The summed E-state index contributed by atoms with van der Waals surface area (Å²) in [6, 6.07) is 7.62. The van der Waals surface area contributed by atoms with E-state index in [0.717, 1.165) is 58.5 Å². The fourth-order valence-corrected chi connectivity index (χ4v) is 4.30. The second-order valence-electron chi connectivity index (χ2n) is 7.66. The second-order valence-corrected chi connectivity index (χ2v) is 7.66. The quantitative estimate of drug-likeness (QED) is 0.872. The number of nitrogens with one attached hydrogen (secondary N) is 1. The lowest BCUT2D eigenvalue weighted by atomic mass is 9.78. The molecule has 6 heteroatoms. The number of nitrogens with zero attached hydrogens (tertiary/aromatic N) is 1. The summed E-state index contributed by atoms with van der Waals surface area (Å²) in [5.74, 6) is 0.787. The van der Waals surface area contributed by atoms with E-state index >= 15 is 0 Å². The van der Waals surface area contributed by atoms with Crippen LogP contribution in [0.2, 0.25) is 0 Å². The number of benzene rings is 1.